The van der Waals surface area contributed by atoms with Crippen molar-refractivity contribution in [1.29, 1.82) is 0 Å². The van der Waals surface area contributed by atoms with E-state index in [-0.39, 0.29) is 0 Å². The number of benzene rings is 1. The van der Waals surface area contributed by atoms with Gasteiger partial charge in [0.15, 0.2) is 5.65 Å². The van der Waals surface area contributed by atoms with Crippen LogP contribution in [-0.4, -0.2) is 14.5 Å². The van der Waals surface area contributed by atoms with E-state index in [1.54, 1.807) is 16.8 Å². The highest BCUT2D eigenvalue weighted by Crippen LogP contribution is 2.30. The van der Waals surface area contributed by atoms with Gasteiger partial charge in [0.05, 0.1) is 10.7 Å². The fraction of sp³-hybridized carbons (Fsp3) is 0. The first kappa shape index (κ1) is 12.9. The van der Waals surface area contributed by atoms with Gasteiger partial charge in [-0.1, -0.05) is 27.5 Å². The highest BCUT2D eigenvalue weighted by atomic mass is 79.9. The van der Waals surface area contributed by atoms with Gasteiger partial charge >= 0.3 is 0 Å². The van der Waals surface area contributed by atoms with Gasteiger partial charge in [-0.25, -0.2) is 9.97 Å². The third kappa shape index (κ3) is 2.24. The average Bonchev–Trinajstić information content (AvgIpc) is 2.65. The first-order valence-corrected chi connectivity index (χ1v) is 7.27. The summed E-state index contributed by atoms with van der Waals surface area (Å²) in [5, 5.41) is 0.534. The van der Waals surface area contributed by atoms with Gasteiger partial charge in [-0.2, -0.15) is 0 Å². The maximum Gasteiger partial charge on any atom is 0.207 e. The topological polar surface area (TPSA) is 56.7 Å². The lowest BCUT2D eigenvalue weighted by molar-refractivity contribution is 1.08. The Morgan fingerprint density at radius 1 is 1.21 bits per heavy atom. The minimum Gasteiger partial charge on any atom is -0.369 e. The van der Waals surface area contributed by atoms with Crippen molar-refractivity contribution in [2.75, 3.05) is 5.73 Å². The summed E-state index contributed by atoms with van der Waals surface area (Å²) in [5.41, 5.74) is 8.19. The molecule has 0 aliphatic carbocycles. The summed E-state index contributed by atoms with van der Waals surface area (Å²) in [5.74, 6) is 0.368. The molecule has 0 atom stereocenters. The molecule has 96 valence electrons. The van der Waals surface area contributed by atoms with Crippen molar-refractivity contribution >= 4 is 60.6 Å². The zero-order chi connectivity index (χ0) is 13.6. The highest BCUT2D eigenvalue weighted by molar-refractivity contribution is 9.11. The standard InChI is InChI=1S/C12H7Br2ClN4/c13-6-1-2-10(8(14)3-6)19-11-9(18-12(19)16)4-7(15)5-17-11/h1-5H,(H2,16,18). The van der Waals surface area contributed by atoms with Gasteiger partial charge in [-0.05, 0) is 40.2 Å². The summed E-state index contributed by atoms with van der Waals surface area (Å²) in [4.78, 5) is 8.57. The van der Waals surface area contributed by atoms with Crippen LogP contribution in [0.15, 0.2) is 39.4 Å². The number of nitrogen functional groups attached to an aromatic ring is 1. The second kappa shape index (κ2) is 4.77. The van der Waals surface area contributed by atoms with Crippen LogP contribution < -0.4 is 5.73 Å². The molecule has 7 heteroatoms. The Morgan fingerprint density at radius 3 is 2.74 bits per heavy atom. The van der Waals surface area contributed by atoms with Crippen molar-refractivity contribution in [3.8, 4) is 5.69 Å². The van der Waals surface area contributed by atoms with E-state index in [2.05, 4.69) is 41.8 Å². The van der Waals surface area contributed by atoms with E-state index < -0.39 is 0 Å². The zero-order valence-electron chi connectivity index (χ0n) is 9.44. The third-order valence-electron chi connectivity index (χ3n) is 2.64. The molecule has 2 heterocycles. The molecule has 0 aliphatic heterocycles. The Balaban J connectivity index is 2.33. The first-order chi connectivity index (χ1) is 9.06. The molecule has 4 nitrogen and oxygen atoms in total. The Morgan fingerprint density at radius 2 is 2.00 bits per heavy atom. The Labute approximate surface area is 130 Å². The van der Waals surface area contributed by atoms with E-state index in [9.17, 15) is 0 Å². The normalized spacial score (nSPS) is 11.1. The van der Waals surface area contributed by atoms with Crippen molar-refractivity contribution < 1.29 is 0 Å². The molecular formula is C12H7Br2ClN4. The van der Waals surface area contributed by atoms with Crippen molar-refractivity contribution in [3.63, 3.8) is 0 Å². The van der Waals surface area contributed by atoms with Crippen LogP contribution in [0.3, 0.4) is 0 Å². The van der Waals surface area contributed by atoms with Crippen LogP contribution in [0.2, 0.25) is 5.02 Å². The number of nitrogens with zero attached hydrogens (tertiary/aromatic N) is 3. The van der Waals surface area contributed by atoms with E-state index in [1.807, 2.05) is 18.2 Å². The fourth-order valence-corrected chi connectivity index (χ4v) is 3.23. The van der Waals surface area contributed by atoms with E-state index in [0.29, 0.717) is 22.1 Å². The molecule has 3 rings (SSSR count). The Hall–Kier alpha value is -1.11. The minimum absolute atomic E-state index is 0.368. The number of aromatic nitrogens is 3. The number of anilines is 1. The third-order valence-corrected chi connectivity index (χ3v) is 3.98. The first-order valence-electron chi connectivity index (χ1n) is 5.31. The Bertz CT molecular complexity index is 785. The number of hydrogen-bond acceptors (Lipinski definition) is 3. The summed E-state index contributed by atoms with van der Waals surface area (Å²) in [6.45, 7) is 0. The lowest BCUT2D eigenvalue weighted by atomic mass is 10.3. The molecule has 0 unspecified atom stereocenters. The van der Waals surface area contributed by atoms with Gasteiger partial charge in [-0.3, -0.25) is 4.57 Å². The zero-order valence-corrected chi connectivity index (χ0v) is 13.4. The molecule has 0 saturated heterocycles. The average molecular weight is 402 g/mol. The van der Waals surface area contributed by atoms with E-state index in [0.717, 1.165) is 14.6 Å². The van der Waals surface area contributed by atoms with Gasteiger partial charge < -0.3 is 5.73 Å². The molecule has 2 N–H and O–H groups in total. The van der Waals surface area contributed by atoms with Gasteiger partial charge in [0.25, 0.3) is 0 Å². The molecule has 3 aromatic rings. The number of nitrogens with two attached hydrogens (primary N) is 1. The number of halogens is 3. The van der Waals surface area contributed by atoms with Crippen molar-refractivity contribution in [3.05, 3.63) is 44.4 Å². The molecule has 19 heavy (non-hydrogen) atoms. The fourth-order valence-electron chi connectivity index (χ4n) is 1.86. The predicted octanol–water partition coefficient (Wildman–Crippen LogP) is 4.18. The lowest BCUT2D eigenvalue weighted by Gasteiger charge is -2.08. The molecule has 1 aromatic carbocycles. The molecule has 0 spiro atoms. The molecule has 0 aliphatic rings. The molecular weight excluding hydrogens is 395 g/mol. The highest BCUT2D eigenvalue weighted by Gasteiger charge is 2.14. The quantitative estimate of drug-likeness (QED) is 0.664. The van der Waals surface area contributed by atoms with E-state index in [1.165, 1.54) is 0 Å². The van der Waals surface area contributed by atoms with Crippen LogP contribution in [0, 0.1) is 0 Å². The molecule has 0 radical (unpaired) electrons. The van der Waals surface area contributed by atoms with Crippen LogP contribution in [0.1, 0.15) is 0 Å². The van der Waals surface area contributed by atoms with Gasteiger partial charge in [0, 0.05) is 15.1 Å². The van der Waals surface area contributed by atoms with Crippen molar-refractivity contribution in [2.24, 2.45) is 0 Å². The lowest BCUT2D eigenvalue weighted by Crippen LogP contribution is -2.02. The number of fused-ring (bicyclic) bond motifs is 1. The summed E-state index contributed by atoms with van der Waals surface area (Å²) >= 11 is 12.8. The second-order valence-corrected chi connectivity index (χ2v) is 6.10. The summed E-state index contributed by atoms with van der Waals surface area (Å²) < 4.78 is 3.65. The molecule has 0 bridgehead atoms. The van der Waals surface area contributed by atoms with Crippen LogP contribution in [0.4, 0.5) is 5.95 Å². The molecule has 0 saturated carbocycles. The molecule has 2 aromatic heterocycles. The summed E-state index contributed by atoms with van der Waals surface area (Å²) in [6, 6.07) is 7.54. The van der Waals surface area contributed by atoms with Crippen LogP contribution in [0.25, 0.3) is 16.9 Å². The van der Waals surface area contributed by atoms with Crippen molar-refractivity contribution in [2.45, 2.75) is 0 Å². The van der Waals surface area contributed by atoms with Crippen LogP contribution in [-0.2, 0) is 0 Å². The largest absolute Gasteiger partial charge is 0.369 e. The van der Waals surface area contributed by atoms with E-state index >= 15 is 0 Å². The van der Waals surface area contributed by atoms with Crippen molar-refractivity contribution in [1.82, 2.24) is 14.5 Å². The second-order valence-electron chi connectivity index (χ2n) is 3.90. The van der Waals surface area contributed by atoms with Gasteiger partial charge in [0.2, 0.25) is 5.95 Å². The number of hydrogen-bond donors (Lipinski definition) is 1. The minimum atomic E-state index is 0.368. The van der Waals surface area contributed by atoms with E-state index in [4.69, 9.17) is 17.3 Å². The van der Waals surface area contributed by atoms with Gasteiger partial charge in [-0.15, -0.1) is 0 Å². The van der Waals surface area contributed by atoms with Crippen LogP contribution >= 0.6 is 43.5 Å². The summed E-state index contributed by atoms with van der Waals surface area (Å²) in [7, 11) is 0. The SMILES string of the molecule is Nc1nc2cc(Cl)cnc2n1-c1ccc(Br)cc1Br. The molecule has 0 amide bonds. The maximum absolute atomic E-state index is 5.98. The Kier molecular flexibility index (Phi) is 3.24. The maximum atomic E-state index is 5.98. The smallest absolute Gasteiger partial charge is 0.207 e. The monoisotopic (exact) mass is 400 g/mol. The number of rotatable bonds is 1. The summed E-state index contributed by atoms with van der Waals surface area (Å²) in [6.07, 6.45) is 1.58. The molecule has 0 fully saturated rings. The number of imidazole rings is 1. The number of pyridine rings is 1. The van der Waals surface area contributed by atoms with Crippen LogP contribution in [0.5, 0.6) is 0 Å². The predicted molar refractivity (Wildman–Crippen MR) is 83.7 cm³/mol. The van der Waals surface area contributed by atoms with Gasteiger partial charge in [0.1, 0.15) is 5.52 Å².